The highest BCUT2D eigenvalue weighted by atomic mass is 32.2. The molecule has 1 aromatic rings. The number of benzene rings is 1. The Labute approximate surface area is 193 Å². The number of hydrogen-bond donors (Lipinski definition) is 3. The van der Waals surface area contributed by atoms with E-state index in [0.29, 0.717) is 19.0 Å². The minimum Gasteiger partial charge on any atom is -0.493 e. The summed E-state index contributed by atoms with van der Waals surface area (Å²) in [4.78, 5) is 24.7. The van der Waals surface area contributed by atoms with Gasteiger partial charge in [0, 0.05) is 36.6 Å². The van der Waals surface area contributed by atoms with Crippen molar-refractivity contribution in [2.45, 2.75) is 50.0 Å². The van der Waals surface area contributed by atoms with E-state index < -0.39 is 5.97 Å². The lowest BCUT2D eigenvalue weighted by Gasteiger charge is -2.42. The van der Waals surface area contributed by atoms with E-state index in [4.69, 9.17) is 14.6 Å². The Morgan fingerprint density at radius 2 is 2.06 bits per heavy atom. The standard InChI is InChI=1S/C22H32N4O5S/c1-26-12-10-22(15-6-7-17(30-2)18(13-15)31-3)9-8-16(14-19(22)26)24-32-25-21(29)23-11-4-5-20(27)28/h6-7,13,19H,4-5,8-12,14H2,1-3H3,(H,27,28)(H2,23,25,29)/b24-16-/t19-,22-/m0/s1. The molecule has 2 atom stereocenters. The number of hydrogen-bond acceptors (Lipinski definition) is 7. The van der Waals surface area contributed by atoms with Crippen LogP contribution in [0.5, 0.6) is 11.5 Å². The van der Waals surface area contributed by atoms with E-state index in [1.54, 1.807) is 14.2 Å². The van der Waals surface area contributed by atoms with Gasteiger partial charge in [-0.05, 0) is 57.0 Å². The van der Waals surface area contributed by atoms with Crippen LogP contribution in [0, 0.1) is 0 Å². The van der Waals surface area contributed by atoms with Crippen molar-refractivity contribution in [2.24, 2.45) is 4.40 Å². The van der Waals surface area contributed by atoms with Crippen LogP contribution in [0.3, 0.4) is 0 Å². The molecule has 0 radical (unpaired) electrons. The molecule has 1 aliphatic heterocycles. The maximum absolute atomic E-state index is 11.8. The number of carbonyl (C=O) groups excluding carboxylic acids is 1. The summed E-state index contributed by atoms with van der Waals surface area (Å²) in [5.41, 5.74) is 2.40. The first-order valence-electron chi connectivity index (χ1n) is 10.8. The Morgan fingerprint density at radius 3 is 2.78 bits per heavy atom. The van der Waals surface area contributed by atoms with Crippen LogP contribution in [-0.2, 0) is 10.2 Å². The fourth-order valence-electron chi connectivity index (χ4n) is 4.77. The molecule has 9 nitrogen and oxygen atoms in total. The zero-order valence-corrected chi connectivity index (χ0v) is 19.7. The molecule has 1 aromatic carbocycles. The molecule has 32 heavy (non-hydrogen) atoms. The van der Waals surface area contributed by atoms with Crippen LogP contribution < -0.4 is 19.5 Å². The van der Waals surface area contributed by atoms with E-state index in [2.05, 4.69) is 38.5 Å². The summed E-state index contributed by atoms with van der Waals surface area (Å²) >= 11 is 1.03. The largest absolute Gasteiger partial charge is 0.493 e. The fraction of sp³-hybridized carbons (Fsp3) is 0.591. The number of likely N-dealkylation sites (N-methyl/N-ethyl adjacent to an activating group) is 1. The average molecular weight is 465 g/mol. The molecule has 0 bridgehead atoms. The van der Waals surface area contributed by atoms with Gasteiger partial charge < -0.3 is 24.8 Å². The molecule has 1 saturated heterocycles. The van der Waals surface area contributed by atoms with Crippen molar-refractivity contribution < 1.29 is 24.2 Å². The summed E-state index contributed by atoms with van der Waals surface area (Å²) in [5, 5.41) is 11.3. The minimum atomic E-state index is -0.869. The quantitative estimate of drug-likeness (QED) is 0.380. The number of carbonyl (C=O) groups is 2. The SMILES string of the molecule is COc1ccc([C@@]23CC/C(=N/SNC(=O)NCCCC(=O)O)C[C@@H]2N(C)CC3)cc1OC. The van der Waals surface area contributed by atoms with E-state index in [-0.39, 0.29) is 17.9 Å². The number of carboxylic acid groups (broad SMARTS) is 1. The number of likely N-dealkylation sites (tertiary alicyclic amines) is 1. The maximum atomic E-state index is 11.8. The monoisotopic (exact) mass is 464 g/mol. The third-order valence-electron chi connectivity index (χ3n) is 6.49. The summed E-state index contributed by atoms with van der Waals surface area (Å²) in [6.45, 7) is 1.34. The van der Waals surface area contributed by atoms with Gasteiger partial charge in [-0.25, -0.2) is 9.19 Å². The number of ether oxygens (including phenoxy) is 2. The van der Waals surface area contributed by atoms with Crippen molar-refractivity contribution in [3.05, 3.63) is 23.8 Å². The Morgan fingerprint density at radius 1 is 1.28 bits per heavy atom. The third-order valence-corrected chi connectivity index (χ3v) is 7.12. The number of rotatable bonds is 9. The summed E-state index contributed by atoms with van der Waals surface area (Å²) in [6, 6.07) is 6.21. The number of nitrogens with one attached hydrogen (secondary N) is 2. The van der Waals surface area contributed by atoms with Gasteiger partial charge in [0.15, 0.2) is 11.5 Å². The molecule has 1 saturated carbocycles. The highest BCUT2D eigenvalue weighted by Crippen LogP contribution is 2.49. The highest BCUT2D eigenvalue weighted by molar-refractivity contribution is 7.96. The Bertz CT molecular complexity index is 865. The number of aliphatic carboxylic acids is 1. The van der Waals surface area contributed by atoms with Gasteiger partial charge in [0.1, 0.15) is 0 Å². The highest BCUT2D eigenvalue weighted by Gasteiger charge is 2.49. The fourth-order valence-corrected chi connectivity index (χ4v) is 5.27. The van der Waals surface area contributed by atoms with Gasteiger partial charge in [0.05, 0.1) is 26.4 Å². The van der Waals surface area contributed by atoms with Crippen LogP contribution in [0.25, 0.3) is 0 Å². The van der Waals surface area contributed by atoms with Gasteiger partial charge in [-0.15, -0.1) is 0 Å². The molecule has 3 rings (SSSR count). The smallest absolute Gasteiger partial charge is 0.326 e. The van der Waals surface area contributed by atoms with Crippen LogP contribution >= 0.6 is 12.1 Å². The first kappa shape index (κ1) is 24.2. The van der Waals surface area contributed by atoms with Crippen LogP contribution in [0.4, 0.5) is 4.79 Å². The molecule has 2 aliphatic rings. The van der Waals surface area contributed by atoms with Crippen molar-refractivity contribution in [1.29, 1.82) is 0 Å². The molecule has 3 N–H and O–H groups in total. The van der Waals surface area contributed by atoms with Crippen LogP contribution in [-0.4, -0.2) is 68.1 Å². The maximum Gasteiger partial charge on any atom is 0.326 e. The van der Waals surface area contributed by atoms with E-state index >= 15 is 0 Å². The molecule has 0 aromatic heterocycles. The van der Waals surface area contributed by atoms with Crippen molar-refractivity contribution in [2.75, 3.05) is 34.4 Å². The van der Waals surface area contributed by atoms with Crippen LogP contribution in [0.1, 0.15) is 44.1 Å². The lowest BCUT2D eigenvalue weighted by atomic mass is 9.65. The Balaban J connectivity index is 1.60. The molecule has 0 spiro atoms. The normalized spacial score (nSPS) is 24.1. The minimum absolute atomic E-state index is 0.0342. The molecule has 10 heteroatoms. The molecule has 2 fully saturated rings. The number of fused-ring (bicyclic) bond motifs is 1. The zero-order valence-electron chi connectivity index (χ0n) is 18.8. The molecule has 176 valence electrons. The van der Waals surface area contributed by atoms with Crippen molar-refractivity contribution in [3.8, 4) is 11.5 Å². The predicted octanol–water partition coefficient (Wildman–Crippen LogP) is 3.00. The summed E-state index contributed by atoms with van der Waals surface area (Å²) in [6.07, 6.45) is 4.22. The second kappa shape index (κ2) is 10.9. The first-order valence-corrected chi connectivity index (χ1v) is 11.6. The van der Waals surface area contributed by atoms with Gasteiger partial charge in [0.2, 0.25) is 0 Å². The molecule has 0 unspecified atom stereocenters. The van der Waals surface area contributed by atoms with E-state index in [0.717, 1.165) is 61.6 Å². The molecule has 1 heterocycles. The lowest BCUT2D eigenvalue weighted by Crippen LogP contribution is -2.46. The number of urea groups is 1. The summed E-state index contributed by atoms with van der Waals surface area (Å²) < 4.78 is 18.2. The van der Waals surface area contributed by atoms with Crippen molar-refractivity contribution >= 4 is 29.8 Å². The zero-order chi connectivity index (χ0) is 23.1. The van der Waals surface area contributed by atoms with Gasteiger partial charge in [-0.3, -0.25) is 9.52 Å². The van der Waals surface area contributed by atoms with Gasteiger partial charge >= 0.3 is 12.0 Å². The van der Waals surface area contributed by atoms with Gasteiger partial charge in [-0.2, -0.15) is 0 Å². The summed E-state index contributed by atoms with van der Waals surface area (Å²) in [7, 11) is 5.47. The molecule has 2 amide bonds. The number of amides is 2. The van der Waals surface area contributed by atoms with Gasteiger partial charge in [-0.1, -0.05) is 6.07 Å². The number of methoxy groups -OCH3 is 2. The molecular formula is C22H32N4O5S. The van der Waals surface area contributed by atoms with Crippen LogP contribution in [0.2, 0.25) is 0 Å². The van der Waals surface area contributed by atoms with Crippen molar-refractivity contribution in [3.63, 3.8) is 0 Å². The van der Waals surface area contributed by atoms with Crippen LogP contribution in [0.15, 0.2) is 22.6 Å². The van der Waals surface area contributed by atoms with E-state index in [1.807, 2.05) is 6.07 Å². The number of carboxylic acids is 1. The van der Waals surface area contributed by atoms with Crippen molar-refractivity contribution in [1.82, 2.24) is 14.9 Å². The average Bonchev–Trinajstić information content (AvgIpc) is 3.13. The summed E-state index contributed by atoms with van der Waals surface area (Å²) in [5.74, 6) is 0.616. The Kier molecular flexibility index (Phi) is 8.25. The second-order valence-electron chi connectivity index (χ2n) is 8.28. The lowest BCUT2D eigenvalue weighted by molar-refractivity contribution is -0.137. The topological polar surface area (TPSA) is 112 Å². The van der Waals surface area contributed by atoms with E-state index in [1.165, 1.54) is 5.56 Å². The van der Waals surface area contributed by atoms with Gasteiger partial charge in [0.25, 0.3) is 0 Å². The Hall–Kier alpha value is -2.46. The second-order valence-corrected chi connectivity index (χ2v) is 8.85. The predicted molar refractivity (Wildman–Crippen MR) is 125 cm³/mol. The number of nitrogens with zero attached hydrogens (tertiary/aromatic N) is 2. The third kappa shape index (κ3) is 5.47. The molecular weight excluding hydrogens is 432 g/mol. The molecule has 1 aliphatic carbocycles. The van der Waals surface area contributed by atoms with E-state index in [9.17, 15) is 9.59 Å². The first-order chi connectivity index (χ1) is 15.4.